The molecule has 0 atom stereocenters. The van der Waals surface area contributed by atoms with E-state index in [9.17, 15) is 9.59 Å². The second-order valence-electron chi connectivity index (χ2n) is 4.71. The number of carbonyl (C=O) groups is 2. The van der Waals surface area contributed by atoms with Gasteiger partial charge in [-0.2, -0.15) is 0 Å². The van der Waals surface area contributed by atoms with Crippen molar-refractivity contribution in [3.63, 3.8) is 0 Å². The maximum Gasteiger partial charge on any atom is 0.225 e. The van der Waals surface area contributed by atoms with Crippen molar-refractivity contribution in [3.8, 4) is 0 Å². The number of anilines is 2. The van der Waals surface area contributed by atoms with Gasteiger partial charge in [0.2, 0.25) is 17.0 Å². The zero-order valence-electron chi connectivity index (χ0n) is 12.9. The molecule has 2 rings (SSSR count). The summed E-state index contributed by atoms with van der Waals surface area (Å²) in [6.45, 7) is 1.78. The predicted molar refractivity (Wildman–Crippen MR) is 88.1 cm³/mol. The van der Waals surface area contributed by atoms with E-state index < -0.39 is 0 Å². The number of carbonyl (C=O) groups excluding carboxylic acids is 2. The van der Waals surface area contributed by atoms with Gasteiger partial charge in [-0.3, -0.25) is 9.59 Å². The molecule has 9 heteroatoms. The van der Waals surface area contributed by atoms with E-state index >= 15 is 0 Å². The van der Waals surface area contributed by atoms with Crippen molar-refractivity contribution in [1.82, 2.24) is 20.2 Å². The van der Waals surface area contributed by atoms with Crippen LogP contribution in [0.15, 0.2) is 29.4 Å². The molecule has 1 aromatic carbocycles. The Labute approximate surface area is 138 Å². The lowest BCUT2D eigenvalue weighted by atomic mass is 10.2. The first-order valence-electron chi connectivity index (χ1n) is 7.13. The molecular weight excluding hydrogens is 316 g/mol. The molecule has 2 aromatic rings. The standard InChI is InChI=1S/C14H18N6O2S/c1-3-12(21)15-10-5-4-6-11(9-10)16-13(22)7-8-23-14-17-18-19-20(14)2/h4-6,9H,3,7-8H2,1-2H3,(H,15,21)(H,16,22). The van der Waals surface area contributed by atoms with Crippen molar-refractivity contribution in [3.05, 3.63) is 24.3 Å². The van der Waals surface area contributed by atoms with Crippen molar-refractivity contribution in [2.75, 3.05) is 16.4 Å². The number of nitrogens with zero attached hydrogens (tertiary/aromatic N) is 4. The van der Waals surface area contributed by atoms with Crippen LogP contribution in [-0.4, -0.2) is 37.8 Å². The third kappa shape index (κ3) is 5.37. The molecular formula is C14H18N6O2S. The maximum absolute atomic E-state index is 11.9. The summed E-state index contributed by atoms with van der Waals surface area (Å²) in [5.41, 5.74) is 1.31. The molecule has 0 saturated carbocycles. The Morgan fingerprint density at radius 2 is 1.91 bits per heavy atom. The van der Waals surface area contributed by atoms with Gasteiger partial charge >= 0.3 is 0 Å². The Kier molecular flexibility index (Phi) is 6.10. The van der Waals surface area contributed by atoms with Crippen LogP contribution < -0.4 is 10.6 Å². The molecule has 0 radical (unpaired) electrons. The van der Waals surface area contributed by atoms with Gasteiger partial charge in [0.1, 0.15) is 0 Å². The predicted octanol–water partition coefficient (Wildman–Crippen LogP) is 1.68. The van der Waals surface area contributed by atoms with Gasteiger partial charge in [-0.05, 0) is 28.6 Å². The monoisotopic (exact) mass is 334 g/mol. The van der Waals surface area contributed by atoms with Crippen molar-refractivity contribution >= 4 is 35.0 Å². The van der Waals surface area contributed by atoms with Crippen molar-refractivity contribution in [2.24, 2.45) is 7.05 Å². The largest absolute Gasteiger partial charge is 0.326 e. The van der Waals surface area contributed by atoms with E-state index in [1.54, 1.807) is 42.9 Å². The lowest BCUT2D eigenvalue weighted by Crippen LogP contribution is -2.13. The van der Waals surface area contributed by atoms with E-state index in [2.05, 4.69) is 26.2 Å². The topological polar surface area (TPSA) is 102 Å². The van der Waals surface area contributed by atoms with Crippen LogP contribution in [0.2, 0.25) is 0 Å². The number of tetrazole rings is 1. The molecule has 1 heterocycles. The summed E-state index contributed by atoms with van der Waals surface area (Å²) in [7, 11) is 1.75. The van der Waals surface area contributed by atoms with Crippen molar-refractivity contribution < 1.29 is 9.59 Å². The summed E-state index contributed by atoms with van der Waals surface area (Å²) in [6, 6.07) is 7.06. The quantitative estimate of drug-likeness (QED) is 0.747. The number of aryl methyl sites for hydroxylation is 1. The van der Waals surface area contributed by atoms with Crippen LogP contribution in [0, 0.1) is 0 Å². The fourth-order valence-electron chi connectivity index (χ4n) is 1.73. The minimum atomic E-state index is -0.105. The molecule has 2 amide bonds. The fourth-order valence-corrected chi connectivity index (χ4v) is 2.51. The number of aromatic nitrogens is 4. The van der Waals surface area contributed by atoms with E-state index in [0.717, 1.165) is 0 Å². The maximum atomic E-state index is 11.9. The molecule has 0 spiro atoms. The van der Waals surface area contributed by atoms with Crippen LogP contribution in [0.3, 0.4) is 0 Å². The second-order valence-corrected chi connectivity index (χ2v) is 5.78. The van der Waals surface area contributed by atoms with Gasteiger partial charge in [-0.1, -0.05) is 24.8 Å². The number of hydrogen-bond acceptors (Lipinski definition) is 6. The molecule has 122 valence electrons. The van der Waals surface area contributed by atoms with Crippen LogP contribution in [0.4, 0.5) is 11.4 Å². The summed E-state index contributed by atoms with van der Waals surface area (Å²) < 4.78 is 1.56. The van der Waals surface area contributed by atoms with Gasteiger partial charge in [0, 0.05) is 37.0 Å². The minimum absolute atomic E-state index is 0.0674. The Balaban J connectivity index is 1.81. The number of rotatable bonds is 7. The summed E-state index contributed by atoms with van der Waals surface area (Å²) in [5.74, 6) is 0.403. The summed E-state index contributed by atoms with van der Waals surface area (Å²) >= 11 is 1.42. The lowest BCUT2D eigenvalue weighted by molar-refractivity contribution is -0.116. The molecule has 0 saturated heterocycles. The molecule has 0 bridgehead atoms. The summed E-state index contributed by atoms with van der Waals surface area (Å²) in [4.78, 5) is 23.3. The van der Waals surface area contributed by atoms with E-state index in [-0.39, 0.29) is 11.8 Å². The molecule has 2 N–H and O–H groups in total. The molecule has 0 aliphatic carbocycles. The average Bonchev–Trinajstić information content (AvgIpc) is 2.93. The highest BCUT2D eigenvalue weighted by Gasteiger charge is 2.07. The minimum Gasteiger partial charge on any atom is -0.326 e. The van der Waals surface area contributed by atoms with Crippen LogP contribution in [-0.2, 0) is 16.6 Å². The van der Waals surface area contributed by atoms with Gasteiger partial charge in [0.25, 0.3) is 0 Å². The second kappa shape index (κ2) is 8.28. The van der Waals surface area contributed by atoms with Gasteiger partial charge < -0.3 is 10.6 Å². The van der Waals surface area contributed by atoms with Gasteiger partial charge in [-0.15, -0.1) is 5.10 Å². The number of nitrogens with one attached hydrogen (secondary N) is 2. The zero-order chi connectivity index (χ0) is 16.7. The molecule has 1 aromatic heterocycles. The number of amides is 2. The molecule has 23 heavy (non-hydrogen) atoms. The van der Waals surface area contributed by atoms with Crippen molar-refractivity contribution in [2.45, 2.75) is 24.9 Å². The molecule has 8 nitrogen and oxygen atoms in total. The zero-order valence-corrected chi connectivity index (χ0v) is 13.8. The van der Waals surface area contributed by atoms with Crippen LogP contribution in [0.25, 0.3) is 0 Å². The van der Waals surface area contributed by atoms with Crippen LogP contribution >= 0.6 is 11.8 Å². The Morgan fingerprint density at radius 3 is 2.52 bits per heavy atom. The number of hydrogen-bond donors (Lipinski definition) is 2. The Hall–Kier alpha value is -2.42. The fraction of sp³-hybridized carbons (Fsp3) is 0.357. The Bertz CT molecular complexity index is 687. The number of thioether (sulfide) groups is 1. The summed E-state index contributed by atoms with van der Waals surface area (Å²) in [5, 5.41) is 17.3. The molecule has 0 fully saturated rings. The molecule has 0 unspecified atom stereocenters. The number of benzene rings is 1. The Morgan fingerprint density at radius 1 is 1.22 bits per heavy atom. The third-order valence-corrected chi connectivity index (χ3v) is 3.91. The highest BCUT2D eigenvalue weighted by atomic mass is 32.2. The van der Waals surface area contributed by atoms with E-state index in [4.69, 9.17) is 0 Å². The van der Waals surface area contributed by atoms with E-state index in [0.29, 0.717) is 35.1 Å². The van der Waals surface area contributed by atoms with E-state index in [1.165, 1.54) is 11.8 Å². The smallest absolute Gasteiger partial charge is 0.225 e. The molecule has 0 aliphatic rings. The first-order valence-corrected chi connectivity index (χ1v) is 8.12. The average molecular weight is 334 g/mol. The first-order chi connectivity index (χ1) is 11.1. The van der Waals surface area contributed by atoms with E-state index in [1.807, 2.05) is 0 Å². The molecule has 0 aliphatic heterocycles. The lowest BCUT2D eigenvalue weighted by Gasteiger charge is -2.08. The SMILES string of the molecule is CCC(=O)Nc1cccc(NC(=O)CCSc2nnnn2C)c1. The van der Waals surface area contributed by atoms with Gasteiger partial charge in [-0.25, -0.2) is 4.68 Å². The van der Waals surface area contributed by atoms with Crippen molar-refractivity contribution in [1.29, 1.82) is 0 Å². The van der Waals surface area contributed by atoms with Crippen LogP contribution in [0.5, 0.6) is 0 Å². The first kappa shape index (κ1) is 16.9. The van der Waals surface area contributed by atoms with Crippen LogP contribution in [0.1, 0.15) is 19.8 Å². The van der Waals surface area contributed by atoms with Gasteiger partial charge in [0.15, 0.2) is 0 Å². The highest BCUT2D eigenvalue weighted by molar-refractivity contribution is 7.99. The normalized spacial score (nSPS) is 10.3. The highest BCUT2D eigenvalue weighted by Crippen LogP contribution is 2.17. The van der Waals surface area contributed by atoms with Gasteiger partial charge in [0.05, 0.1) is 0 Å². The third-order valence-electron chi connectivity index (χ3n) is 2.89. The summed E-state index contributed by atoms with van der Waals surface area (Å²) in [6.07, 6.45) is 0.744.